The molecule has 0 spiro atoms. The first-order valence-corrected chi connectivity index (χ1v) is 9.72. The Morgan fingerprint density at radius 1 is 1.33 bits per heavy atom. The molecule has 0 radical (unpaired) electrons. The molecule has 24 heavy (non-hydrogen) atoms. The van der Waals surface area contributed by atoms with Crippen molar-refractivity contribution >= 4 is 23.2 Å². The summed E-state index contributed by atoms with van der Waals surface area (Å²) in [5.41, 5.74) is 6.30. The van der Waals surface area contributed by atoms with Crippen molar-refractivity contribution in [2.24, 2.45) is 23.5 Å². The Morgan fingerprint density at radius 3 is 2.67 bits per heavy atom. The Bertz CT molecular complexity index is 561. The van der Waals surface area contributed by atoms with Gasteiger partial charge >= 0.3 is 0 Å². The second-order valence-electron chi connectivity index (χ2n) is 7.25. The number of hydrogen-bond donors (Lipinski definition) is 2. The molecule has 0 aromatic carbocycles. The van der Waals surface area contributed by atoms with Crippen LogP contribution in [0.3, 0.4) is 0 Å². The summed E-state index contributed by atoms with van der Waals surface area (Å²) in [5.74, 6) is 0.993. The number of carbonyl (C=O) groups excluding carboxylic acids is 2. The molecular formula is C18H27N3O2S. The summed E-state index contributed by atoms with van der Waals surface area (Å²) in [7, 11) is 1.73. The van der Waals surface area contributed by atoms with Gasteiger partial charge in [0, 0.05) is 23.9 Å². The first kappa shape index (κ1) is 17.4. The standard InChI is InChI=1S/C18H27N3O2S/c1-21(11-16(22)20-10-15-6-3-7-24-15)18(23)14-8-12-4-2-5-13(9-14)17(12)19/h3,6-7,12-14,17H,2,4-5,8-11,19H2,1H3,(H,20,22). The van der Waals surface area contributed by atoms with Crippen LogP contribution in [0.4, 0.5) is 0 Å². The third-order valence-corrected chi connectivity index (χ3v) is 6.44. The van der Waals surface area contributed by atoms with Crippen molar-refractivity contribution in [3.05, 3.63) is 22.4 Å². The zero-order chi connectivity index (χ0) is 17.1. The molecule has 0 saturated heterocycles. The van der Waals surface area contributed by atoms with Gasteiger partial charge in [0.1, 0.15) is 0 Å². The Kier molecular flexibility index (Phi) is 5.56. The van der Waals surface area contributed by atoms with Gasteiger partial charge in [0.2, 0.25) is 11.8 Å². The van der Waals surface area contributed by atoms with Gasteiger partial charge < -0.3 is 16.0 Å². The molecule has 2 unspecified atom stereocenters. The molecule has 3 N–H and O–H groups in total. The number of nitrogens with one attached hydrogen (secondary N) is 1. The zero-order valence-electron chi connectivity index (χ0n) is 14.2. The number of nitrogens with two attached hydrogens (primary N) is 1. The minimum absolute atomic E-state index is 0.0372. The smallest absolute Gasteiger partial charge is 0.239 e. The molecule has 2 atom stereocenters. The molecule has 3 rings (SSSR count). The number of thiophene rings is 1. The molecule has 1 aromatic rings. The number of rotatable bonds is 5. The van der Waals surface area contributed by atoms with Crippen LogP contribution in [0.15, 0.2) is 17.5 Å². The van der Waals surface area contributed by atoms with E-state index in [1.54, 1.807) is 23.3 Å². The van der Waals surface area contributed by atoms with E-state index in [9.17, 15) is 9.59 Å². The van der Waals surface area contributed by atoms with E-state index in [0.717, 1.165) is 30.6 Å². The molecule has 2 aliphatic carbocycles. The number of nitrogens with zero attached hydrogens (tertiary/aromatic N) is 1. The maximum absolute atomic E-state index is 12.7. The highest BCUT2D eigenvalue weighted by molar-refractivity contribution is 7.09. The molecule has 1 heterocycles. The van der Waals surface area contributed by atoms with E-state index >= 15 is 0 Å². The normalized spacial score (nSPS) is 29.1. The lowest BCUT2D eigenvalue weighted by Crippen LogP contribution is -2.50. The molecular weight excluding hydrogens is 322 g/mol. The van der Waals surface area contributed by atoms with Crippen molar-refractivity contribution in [1.82, 2.24) is 10.2 Å². The number of fused-ring (bicyclic) bond motifs is 2. The molecule has 2 bridgehead atoms. The molecule has 132 valence electrons. The van der Waals surface area contributed by atoms with Crippen LogP contribution in [0.5, 0.6) is 0 Å². The maximum Gasteiger partial charge on any atom is 0.239 e. The predicted octanol–water partition coefficient (Wildman–Crippen LogP) is 1.98. The van der Waals surface area contributed by atoms with Gasteiger partial charge in [-0.05, 0) is 49.0 Å². The van der Waals surface area contributed by atoms with Crippen LogP contribution < -0.4 is 11.1 Å². The van der Waals surface area contributed by atoms with E-state index in [-0.39, 0.29) is 30.3 Å². The fraction of sp³-hybridized carbons (Fsp3) is 0.667. The van der Waals surface area contributed by atoms with Crippen LogP contribution in [0.2, 0.25) is 0 Å². The average Bonchev–Trinajstić information content (AvgIpc) is 3.05. The predicted molar refractivity (Wildman–Crippen MR) is 95.3 cm³/mol. The van der Waals surface area contributed by atoms with Crippen LogP contribution in [0, 0.1) is 17.8 Å². The Morgan fingerprint density at radius 2 is 2.04 bits per heavy atom. The highest BCUT2D eigenvalue weighted by atomic mass is 32.1. The molecule has 2 fully saturated rings. The van der Waals surface area contributed by atoms with Gasteiger partial charge in [0.15, 0.2) is 0 Å². The molecule has 2 saturated carbocycles. The fourth-order valence-electron chi connectivity index (χ4n) is 4.25. The van der Waals surface area contributed by atoms with E-state index in [4.69, 9.17) is 5.73 Å². The van der Waals surface area contributed by atoms with E-state index in [0.29, 0.717) is 18.4 Å². The molecule has 1 aromatic heterocycles. The van der Waals surface area contributed by atoms with Crippen LogP contribution in [0.25, 0.3) is 0 Å². The van der Waals surface area contributed by atoms with Gasteiger partial charge in [-0.25, -0.2) is 0 Å². The van der Waals surface area contributed by atoms with Crippen LogP contribution in [-0.4, -0.2) is 36.3 Å². The van der Waals surface area contributed by atoms with Crippen molar-refractivity contribution in [3.8, 4) is 0 Å². The van der Waals surface area contributed by atoms with Crippen molar-refractivity contribution in [3.63, 3.8) is 0 Å². The summed E-state index contributed by atoms with van der Waals surface area (Å²) in [6.45, 7) is 0.656. The summed E-state index contributed by atoms with van der Waals surface area (Å²) in [5, 5.41) is 4.87. The van der Waals surface area contributed by atoms with E-state index in [1.165, 1.54) is 6.42 Å². The van der Waals surface area contributed by atoms with Crippen LogP contribution >= 0.6 is 11.3 Å². The summed E-state index contributed by atoms with van der Waals surface area (Å²) in [6, 6.07) is 4.22. The number of hydrogen-bond acceptors (Lipinski definition) is 4. The SMILES string of the molecule is CN(CC(=O)NCc1cccs1)C(=O)C1CC2CCCC(C1)C2N. The Hall–Kier alpha value is -1.40. The monoisotopic (exact) mass is 349 g/mol. The first-order chi connectivity index (χ1) is 11.5. The maximum atomic E-state index is 12.7. The second-order valence-corrected chi connectivity index (χ2v) is 8.28. The lowest BCUT2D eigenvalue weighted by atomic mass is 9.65. The van der Waals surface area contributed by atoms with Gasteiger partial charge in [-0.3, -0.25) is 9.59 Å². The first-order valence-electron chi connectivity index (χ1n) is 8.84. The number of carbonyl (C=O) groups is 2. The highest BCUT2D eigenvalue weighted by Gasteiger charge is 2.41. The molecule has 2 amide bonds. The lowest BCUT2D eigenvalue weighted by molar-refractivity contribution is -0.140. The quantitative estimate of drug-likeness (QED) is 0.853. The van der Waals surface area contributed by atoms with E-state index in [2.05, 4.69) is 5.32 Å². The minimum atomic E-state index is -0.105. The largest absolute Gasteiger partial charge is 0.350 e. The number of amides is 2. The summed E-state index contributed by atoms with van der Waals surface area (Å²) in [6.07, 6.45) is 5.30. The van der Waals surface area contributed by atoms with Gasteiger partial charge in [0.25, 0.3) is 0 Å². The Balaban J connectivity index is 1.48. The van der Waals surface area contributed by atoms with Crippen molar-refractivity contribution in [2.45, 2.75) is 44.7 Å². The molecule has 6 heteroatoms. The topological polar surface area (TPSA) is 75.4 Å². The average molecular weight is 350 g/mol. The highest BCUT2D eigenvalue weighted by Crippen LogP contribution is 2.42. The summed E-state index contributed by atoms with van der Waals surface area (Å²) < 4.78 is 0. The van der Waals surface area contributed by atoms with Gasteiger partial charge in [-0.1, -0.05) is 12.5 Å². The Labute approximate surface area is 147 Å². The lowest BCUT2D eigenvalue weighted by Gasteiger charge is -2.44. The van der Waals surface area contributed by atoms with E-state index in [1.807, 2.05) is 17.5 Å². The van der Waals surface area contributed by atoms with E-state index < -0.39 is 0 Å². The minimum Gasteiger partial charge on any atom is -0.350 e. The molecule has 5 nitrogen and oxygen atoms in total. The van der Waals surface area contributed by atoms with Crippen LogP contribution in [-0.2, 0) is 16.1 Å². The number of likely N-dealkylation sites (N-methyl/N-ethyl adjacent to an activating group) is 1. The fourth-order valence-corrected chi connectivity index (χ4v) is 4.90. The van der Waals surface area contributed by atoms with Crippen LogP contribution in [0.1, 0.15) is 37.0 Å². The summed E-state index contributed by atoms with van der Waals surface area (Å²) in [4.78, 5) is 27.5. The van der Waals surface area contributed by atoms with Gasteiger partial charge in [-0.15, -0.1) is 11.3 Å². The third kappa shape index (κ3) is 3.98. The molecule has 0 aliphatic heterocycles. The zero-order valence-corrected chi connectivity index (χ0v) is 15.1. The summed E-state index contributed by atoms with van der Waals surface area (Å²) >= 11 is 1.62. The van der Waals surface area contributed by atoms with Crippen molar-refractivity contribution < 1.29 is 9.59 Å². The second kappa shape index (κ2) is 7.66. The molecule has 2 aliphatic rings. The third-order valence-electron chi connectivity index (χ3n) is 5.56. The van der Waals surface area contributed by atoms with Crippen molar-refractivity contribution in [1.29, 1.82) is 0 Å². The van der Waals surface area contributed by atoms with Crippen molar-refractivity contribution in [2.75, 3.05) is 13.6 Å². The van der Waals surface area contributed by atoms with Gasteiger partial charge in [-0.2, -0.15) is 0 Å². The van der Waals surface area contributed by atoms with Gasteiger partial charge in [0.05, 0.1) is 13.1 Å².